The molecule has 0 fully saturated rings. The summed E-state index contributed by atoms with van der Waals surface area (Å²) in [5.74, 6) is 0.995. The van der Waals surface area contributed by atoms with Gasteiger partial charge in [-0.25, -0.2) is 9.78 Å². The van der Waals surface area contributed by atoms with Crippen molar-refractivity contribution in [3.05, 3.63) is 112 Å². The number of carbonyl (C=O) groups excluding carboxylic acids is 1. The fourth-order valence-electron chi connectivity index (χ4n) is 5.65. The van der Waals surface area contributed by atoms with E-state index in [9.17, 15) is 14.7 Å². The number of amides is 2. The number of nitrogens with zero attached hydrogens (tertiary/aromatic N) is 3. The number of ether oxygens (including phenoxy) is 1. The number of rotatable bonds is 13. The van der Waals surface area contributed by atoms with Crippen molar-refractivity contribution in [2.24, 2.45) is 0 Å². The van der Waals surface area contributed by atoms with Gasteiger partial charge < -0.3 is 20.1 Å². The van der Waals surface area contributed by atoms with Crippen molar-refractivity contribution in [3.8, 4) is 16.9 Å². The summed E-state index contributed by atoms with van der Waals surface area (Å²) in [7, 11) is 0. The van der Waals surface area contributed by atoms with Crippen LogP contribution in [-0.2, 0) is 6.42 Å². The standard InChI is InChI=1S/C38H43N5O4/c1-25(2)32-22-30(28-10-5-12-31(21-28)47-20-7-9-27-13-16-39-17-14-27)23-33(26(3)4)35(32)41-38(46)43(18-8-19-44)34-24-29-11-6-15-40-36(29)42-37(34)45/h5-6,10-17,21-26,44H,7-9,18-20H2,1-4H3,(H,41,46)(H,40,42,45). The third kappa shape index (κ3) is 8.23. The normalized spacial score (nSPS) is 11.3. The lowest BCUT2D eigenvalue weighted by atomic mass is 9.88. The maximum Gasteiger partial charge on any atom is 0.326 e. The topological polar surface area (TPSA) is 120 Å². The number of urea groups is 1. The van der Waals surface area contributed by atoms with Crippen LogP contribution in [0, 0.1) is 0 Å². The highest BCUT2D eigenvalue weighted by Crippen LogP contribution is 2.38. The fourth-order valence-corrected chi connectivity index (χ4v) is 5.65. The highest BCUT2D eigenvalue weighted by Gasteiger charge is 2.24. The lowest BCUT2D eigenvalue weighted by Crippen LogP contribution is -2.39. The first-order valence-corrected chi connectivity index (χ1v) is 16.2. The molecule has 3 heterocycles. The van der Waals surface area contributed by atoms with Crippen LogP contribution in [0.1, 0.15) is 69.1 Å². The number of aromatic amines is 1. The molecule has 47 heavy (non-hydrogen) atoms. The van der Waals surface area contributed by atoms with E-state index in [1.54, 1.807) is 18.3 Å². The molecule has 0 aliphatic rings. The quantitative estimate of drug-likeness (QED) is 0.115. The van der Waals surface area contributed by atoms with E-state index in [0.29, 0.717) is 24.1 Å². The van der Waals surface area contributed by atoms with Crippen molar-refractivity contribution in [2.45, 2.75) is 58.8 Å². The largest absolute Gasteiger partial charge is 0.494 e. The number of carbonyl (C=O) groups is 1. The van der Waals surface area contributed by atoms with Crippen molar-refractivity contribution >= 4 is 28.4 Å². The Bertz CT molecular complexity index is 1840. The Morgan fingerprint density at radius 3 is 2.36 bits per heavy atom. The monoisotopic (exact) mass is 633 g/mol. The maximum atomic E-state index is 14.0. The average Bonchev–Trinajstić information content (AvgIpc) is 3.07. The summed E-state index contributed by atoms with van der Waals surface area (Å²) < 4.78 is 6.13. The molecule has 0 aliphatic heterocycles. The summed E-state index contributed by atoms with van der Waals surface area (Å²) in [6.45, 7) is 9.07. The summed E-state index contributed by atoms with van der Waals surface area (Å²) in [6, 6.07) is 21.3. The summed E-state index contributed by atoms with van der Waals surface area (Å²) in [4.78, 5) is 39.6. The molecule has 0 atom stereocenters. The third-order valence-electron chi connectivity index (χ3n) is 8.14. The van der Waals surface area contributed by atoms with Gasteiger partial charge in [0.15, 0.2) is 0 Å². The van der Waals surface area contributed by atoms with Crippen LogP contribution in [0.5, 0.6) is 5.75 Å². The van der Waals surface area contributed by atoms with Crippen LogP contribution in [0.25, 0.3) is 22.2 Å². The van der Waals surface area contributed by atoms with Gasteiger partial charge in [-0.05, 0) is 114 Å². The van der Waals surface area contributed by atoms with E-state index >= 15 is 0 Å². The number of fused-ring (bicyclic) bond motifs is 1. The molecule has 0 unspecified atom stereocenters. The Hall–Kier alpha value is -5.02. The van der Waals surface area contributed by atoms with Gasteiger partial charge in [0.05, 0.1) is 6.61 Å². The van der Waals surface area contributed by atoms with Crippen LogP contribution in [0.4, 0.5) is 16.2 Å². The van der Waals surface area contributed by atoms with Crippen LogP contribution in [-0.4, -0.2) is 45.8 Å². The van der Waals surface area contributed by atoms with Crippen molar-refractivity contribution < 1.29 is 14.6 Å². The SMILES string of the molecule is CC(C)c1cc(-c2cccc(OCCCc3ccncc3)c2)cc(C(C)C)c1NC(=O)N(CCCO)c1cc2cccnc2[nH]c1=O. The van der Waals surface area contributed by atoms with Gasteiger partial charge in [0.1, 0.15) is 17.1 Å². The molecular formula is C38H43N5O4. The Morgan fingerprint density at radius 2 is 1.66 bits per heavy atom. The number of aromatic nitrogens is 3. The molecular weight excluding hydrogens is 590 g/mol. The second-order valence-corrected chi connectivity index (χ2v) is 12.3. The van der Waals surface area contributed by atoms with Gasteiger partial charge in [0.25, 0.3) is 5.56 Å². The molecule has 244 valence electrons. The fraction of sp³-hybridized carbons (Fsp3) is 0.316. The number of nitrogens with one attached hydrogen (secondary N) is 2. The number of pyridine rings is 3. The summed E-state index contributed by atoms with van der Waals surface area (Å²) in [5.41, 5.74) is 6.24. The molecule has 5 rings (SSSR count). The van der Waals surface area contributed by atoms with E-state index in [4.69, 9.17) is 4.74 Å². The number of aliphatic hydroxyl groups excluding tert-OH is 1. The van der Waals surface area contributed by atoms with Crippen molar-refractivity contribution in [1.82, 2.24) is 15.0 Å². The van der Waals surface area contributed by atoms with Gasteiger partial charge in [0.2, 0.25) is 0 Å². The van der Waals surface area contributed by atoms with Gasteiger partial charge >= 0.3 is 6.03 Å². The van der Waals surface area contributed by atoms with Gasteiger partial charge in [0, 0.05) is 42.8 Å². The minimum Gasteiger partial charge on any atom is -0.494 e. The smallest absolute Gasteiger partial charge is 0.326 e. The highest BCUT2D eigenvalue weighted by atomic mass is 16.5. The summed E-state index contributed by atoms with van der Waals surface area (Å²) in [6.07, 6.45) is 7.36. The first-order valence-electron chi connectivity index (χ1n) is 16.2. The third-order valence-corrected chi connectivity index (χ3v) is 8.14. The Labute approximate surface area is 275 Å². The number of aryl methyl sites for hydroxylation is 1. The molecule has 0 radical (unpaired) electrons. The number of hydrogen-bond acceptors (Lipinski definition) is 6. The van der Waals surface area contributed by atoms with E-state index in [0.717, 1.165) is 46.5 Å². The van der Waals surface area contributed by atoms with Crippen LogP contribution in [0.2, 0.25) is 0 Å². The second-order valence-electron chi connectivity index (χ2n) is 12.3. The predicted octanol–water partition coefficient (Wildman–Crippen LogP) is 7.66. The zero-order chi connectivity index (χ0) is 33.3. The van der Waals surface area contributed by atoms with E-state index in [2.05, 4.69) is 72.2 Å². The molecule has 2 aromatic carbocycles. The second kappa shape index (κ2) is 15.5. The molecule has 0 aliphatic carbocycles. The minimum atomic E-state index is -0.439. The van der Waals surface area contributed by atoms with Crippen molar-refractivity contribution in [2.75, 3.05) is 30.0 Å². The summed E-state index contributed by atoms with van der Waals surface area (Å²) >= 11 is 0. The number of benzene rings is 2. The van der Waals surface area contributed by atoms with Gasteiger partial charge in [-0.2, -0.15) is 0 Å². The lowest BCUT2D eigenvalue weighted by Gasteiger charge is -2.26. The molecule has 0 spiro atoms. The Morgan fingerprint density at radius 1 is 0.915 bits per heavy atom. The average molecular weight is 634 g/mol. The predicted molar refractivity (Wildman–Crippen MR) is 189 cm³/mol. The minimum absolute atomic E-state index is 0.0939. The maximum absolute atomic E-state index is 14.0. The number of anilines is 2. The van der Waals surface area contributed by atoms with Crippen LogP contribution in [0.3, 0.4) is 0 Å². The molecule has 5 aromatic rings. The molecule has 9 nitrogen and oxygen atoms in total. The molecule has 3 aromatic heterocycles. The van der Waals surface area contributed by atoms with E-state index < -0.39 is 11.6 Å². The number of aliphatic hydroxyl groups is 1. The Kier molecular flexibility index (Phi) is 11.0. The molecule has 9 heteroatoms. The van der Waals surface area contributed by atoms with Gasteiger partial charge in [-0.15, -0.1) is 0 Å². The molecule has 3 N–H and O–H groups in total. The lowest BCUT2D eigenvalue weighted by molar-refractivity contribution is 0.254. The van der Waals surface area contributed by atoms with Gasteiger partial charge in [-0.1, -0.05) is 39.8 Å². The van der Waals surface area contributed by atoms with Crippen molar-refractivity contribution in [1.29, 1.82) is 0 Å². The summed E-state index contributed by atoms with van der Waals surface area (Å²) in [5, 5.41) is 13.5. The van der Waals surface area contributed by atoms with Crippen LogP contribution < -0.4 is 20.5 Å². The molecule has 0 bridgehead atoms. The van der Waals surface area contributed by atoms with E-state index in [1.165, 1.54) is 10.5 Å². The molecule has 2 amide bonds. The number of H-pyrrole nitrogens is 1. The zero-order valence-corrected chi connectivity index (χ0v) is 27.5. The first kappa shape index (κ1) is 33.3. The molecule has 0 saturated carbocycles. The van der Waals surface area contributed by atoms with E-state index in [-0.39, 0.29) is 30.7 Å². The van der Waals surface area contributed by atoms with Crippen LogP contribution in [0.15, 0.2) is 90.1 Å². The van der Waals surface area contributed by atoms with Crippen molar-refractivity contribution in [3.63, 3.8) is 0 Å². The highest BCUT2D eigenvalue weighted by molar-refractivity contribution is 6.03. The van der Waals surface area contributed by atoms with Gasteiger partial charge in [-0.3, -0.25) is 14.7 Å². The Balaban J connectivity index is 1.43. The van der Waals surface area contributed by atoms with E-state index in [1.807, 2.05) is 42.7 Å². The zero-order valence-electron chi connectivity index (χ0n) is 27.5. The number of hydrogen-bond donors (Lipinski definition) is 3. The first-order chi connectivity index (χ1) is 22.7. The molecule has 0 saturated heterocycles. The van der Waals surface area contributed by atoms with Crippen LogP contribution >= 0.6 is 0 Å².